The Labute approximate surface area is 97.2 Å². The lowest BCUT2D eigenvalue weighted by Gasteiger charge is -2.05. The summed E-state index contributed by atoms with van der Waals surface area (Å²) in [6.45, 7) is 0. The van der Waals surface area contributed by atoms with Gasteiger partial charge in [0.2, 0.25) is 0 Å². The molecule has 0 saturated heterocycles. The molecule has 84 valence electrons. The molecule has 2 heterocycles. The number of hydrogen-bond donors (Lipinski definition) is 0. The van der Waals surface area contributed by atoms with Gasteiger partial charge in [-0.1, -0.05) is 11.6 Å². The first kappa shape index (κ1) is 11.3. The highest BCUT2D eigenvalue weighted by molar-refractivity contribution is 6.99. The van der Waals surface area contributed by atoms with E-state index in [0.29, 0.717) is 11.3 Å². The molecule has 0 bridgehead atoms. The molecule has 0 fully saturated rings. The van der Waals surface area contributed by atoms with Crippen molar-refractivity contribution in [1.82, 2.24) is 13.7 Å². The molecule has 2 rings (SSSR count). The maximum atomic E-state index is 12.2. The molecule has 0 N–H and O–H groups in total. The fourth-order valence-electron chi connectivity index (χ4n) is 1.05. The van der Waals surface area contributed by atoms with Crippen molar-refractivity contribution < 1.29 is 13.2 Å². The van der Waals surface area contributed by atoms with Crippen LogP contribution in [0.3, 0.4) is 0 Å². The highest BCUT2D eigenvalue weighted by Crippen LogP contribution is 2.30. The van der Waals surface area contributed by atoms with Gasteiger partial charge >= 0.3 is 6.18 Å². The minimum Gasteiger partial charge on any atom is -0.251 e. The van der Waals surface area contributed by atoms with E-state index in [1.165, 1.54) is 6.07 Å². The molecular weight excluding hydrogens is 263 g/mol. The molecule has 0 amide bonds. The van der Waals surface area contributed by atoms with E-state index in [0.717, 1.165) is 24.0 Å². The summed E-state index contributed by atoms with van der Waals surface area (Å²) in [5, 5.41) is 0.159. The zero-order valence-corrected chi connectivity index (χ0v) is 9.07. The van der Waals surface area contributed by atoms with Gasteiger partial charge in [0.25, 0.3) is 0 Å². The number of aromatic nitrogens is 3. The lowest BCUT2D eigenvalue weighted by Crippen LogP contribution is -2.07. The summed E-state index contributed by atoms with van der Waals surface area (Å²) in [5.41, 5.74) is -0.199. The standard InChI is InChI=1S/C8H3ClF3N3S/c9-7-6(14-16-15-7)4-1-2-5(13-3-4)8(10,11)12/h1-3H. The van der Waals surface area contributed by atoms with Crippen LogP contribution in [0, 0.1) is 0 Å². The van der Waals surface area contributed by atoms with Gasteiger partial charge in [0.15, 0.2) is 5.15 Å². The van der Waals surface area contributed by atoms with E-state index in [1.807, 2.05) is 0 Å². The molecule has 16 heavy (non-hydrogen) atoms. The zero-order valence-electron chi connectivity index (χ0n) is 7.49. The fourth-order valence-corrected chi connectivity index (χ4v) is 1.82. The van der Waals surface area contributed by atoms with Gasteiger partial charge in [0, 0.05) is 11.8 Å². The summed E-state index contributed by atoms with van der Waals surface area (Å²) in [6.07, 6.45) is -3.37. The first-order chi connectivity index (χ1) is 7.48. The Hall–Kier alpha value is -1.21. The molecule has 0 aliphatic carbocycles. The predicted molar refractivity (Wildman–Crippen MR) is 53.2 cm³/mol. The van der Waals surface area contributed by atoms with Crippen LogP contribution in [0.5, 0.6) is 0 Å². The van der Waals surface area contributed by atoms with Gasteiger partial charge < -0.3 is 0 Å². The number of nitrogens with zero attached hydrogens (tertiary/aromatic N) is 3. The minimum atomic E-state index is -4.44. The van der Waals surface area contributed by atoms with Crippen LogP contribution >= 0.6 is 23.3 Å². The molecule has 0 aromatic carbocycles. The van der Waals surface area contributed by atoms with Gasteiger partial charge in [0.05, 0.1) is 11.7 Å². The lowest BCUT2D eigenvalue weighted by atomic mass is 10.2. The average molecular weight is 266 g/mol. The van der Waals surface area contributed by atoms with E-state index in [1.54, 1.807) is 0 Å². The summed E-state index contributed by atoms with van der Waals surface area (Å²) < 4.78 is 44.2. The molecule has 2 aromatic rings. The van der Waals surface area contributed by atoms with Crippen molar-refractivity contribution in [2.75, 3.05) is 0 Å². The summed E-state index contributed by atoms with van der Waals surface area (Å²) in [5.74, 6) is 0. The molecule has 0 saturated carbocycles. The molecule has 0 spiro atoms. The largest absolute Gasteiger partial charge is 0.433 e. The van der Waals surface area contributed by atoms with Crippen molar-refractivity contribution in [3.63, 3.8) is 0 Å². The molecule has 0 aliphatic heterocycles. The quantitative estimate of drug-likeness (QED) is 0.794. The van der Waals surface area contributed by atoms with Gasteiger partial charge in [-0.15, -0.1) is 0 Å². The average Bonchev–Trinajstić information content (AvgIpc) is 2.63. The second kappa shape index (κ2) is 3.99. The SMILES string of the molecule is FC(F)(F)c1ccc(-c2nsnc2Cl)cn1. The number of hydrogen-bond acceptors (Lipinski definition) is 4. The van der Waals surface area contributed by atoms with Crippen LogP contribution in [0.25, 0.3) is 11.3 Å². The van der Waals surface area contributed by atoms with E-state index in [-0.39, 0.29) is 5.15 Å². The van der Waals surface area contributed by atoms with E-state index in [2.05, 4.69) is 13.7 Å². The Balaban J connectivity index is 2.37. The smallest absolute Gasteiger partial charge is 0.251 e. The number of halogens is 4. The third-order valence-corrected chi connectivity index (χ3v) is 2.67. The fraction of sp³-hybridized carbons (Fsp3) is 0.125. The van der Waals surface area contributed by atoms with Crippen LogP contribution in [-0.4, -0.2) is 13.7 Å². The van der Waals surface area contributed by atoms with Gasteiger partial charge in [-0.2, -0.15) is 21.9 Å². The molecule has 0 unspecified atom stereocenters. The third-order valence-electron chi connectivity index (χ3n) is 1.78. The minimum absolute atomic E-state index is 0.159. The second-order valence-corrected chi connectivity index (χ2v) is 3.72. The summed E-state index contributed by atoms with van der Waals surface area (Å²) in [6, 6.07) is 2.14. The van der Waals surface area contributed by atoms with Crippen LogP contribution in [0.4, 0.5) is 13.2 Å². The molecule has 0 radical (unpaired) electrons. The Morgan fingerprint density at radius 1 is 1.19 bits per heavy atom. The van der Waals surface area contributed by atoms with E-state index in [4.69, 9.17) is 11.6 Å². The van der Waals surface area contributed by atoms with Crippen LogP contribution < -0.4 is 0 Å². The lowest BCUT2D eigenvalue weighted by molar-refractivity contribution is -0.141. The monoisotopic (exact) mass is 265 g/mol. The Morgan fingerprint density at radius 2 is 1.94 bits per heavy atom. The summed E-state index contributed by atoms with van der Waals surface area (Å²) in [4.78, 5) is 3.30. The van der Waals surface area contributed by atoms with Gasteiger partial charge in [-0.25, -0.2) is 0 Å². The van der Waals surface area contributed by atoms with Crippen LogP contribution in [0.1, 0.15) is 5.69 Å². The van der Waals surface area contributed by atoms with Crippen LogP contribution in [0.15, 0.2) is 18.3 Å². The van der Waals surface area contributed by atoms with E-state index >= 15 is 0 Å². The first-order valence-corrected chi connectivity index (χ1v) is 5.11. The number of alkyl halides is 3. The van der Waals surface area contributed by atoms with Crippen molar-refractivity contribution in [2.45, 2.75) is 6.18 Å². The van der Waals surface area contributed by atoms with Crippen molar-refractivity contribution in [3.8, 4) is 11.3 Å². The summed E-state index contributed by atoms with van der Waals surface area (Å²) >= 11 is 6.58. The molecule has 0 aliphatic rings. The van der Waals surface area contributed by atoms with Crippen molar-refractivity contribution in [3.05, 3.63) is 29.2 Å². The molecule has 3 nitrogen and oxygen atoms in total. The molecule has 8 heteroatoms. The van der Waals surface area contributed by atoms with Crippen LogP contribution in [0.2, 0.25) is 5.15 Å². The predicted octanol–water partition coefficient (Wildman–Crippen LogP) is 3.27. The van der Waals surface area contributed by atoms with Crippen LogP contribution in [-0.2, 0) is 6.18 Å². The first-order valence-electron chi connectivity index (χ1n) is 4.00. The molecule has 0 atom stereocenters. The third kappa shape index (κ3) is 2.14. The van der Waals surface area contributed by atoms with E-state index in [9.17, 15) is 13.2 Å². The van der Waals surface area contributed by atoms with E-state index < -0.39 is 11.9 Å². The maximum Gasteiger partial charge on any atom is 0.433 e. The van der Waals surface area contributed by atoms with Crippen molar-refractivity contribution in [1.29, 1.82) is 0 Å². The highest BCUT2D eigenvalue weighted by atomic mass is 35.5. The normalized spacial score (nSPS) is 11.8. The number of rotatable bonds is 1. The highest BCUT2D eigenvalue weighted by Gasteiger charge is 2.32. The van der Waals surface area contributed by atoms with Gasteiger partial charge in [-0.3, -0.25) is 4.98 Å². The maximum absolute atomic E-state index is 12.2. The van der Waals surface area contributed by atoms with Crippen molar-refractivity contribution >= 4 is 23.3 Å². The van der Waals surface area contributed by atoms with Crippen molar-refractivity contribution in [2.24, 2.45) is 0 Å². The second-order valence-electron chi connectivity index (χ2n) is 2.83. The zero-order chi connectivity index (χ0) is 11.8. The number of pyridine rings is 1. The molecular formula is C8H3ClF3N3S. The Bertz CT molecular complexity index is 494. The Kier molecular flexibility index (Phi) is 2.81. The molecule has 2 aromatic heterocycles. The topological polar surface area (TPSA) is 38.7 Å². The summed E-state index contributed by atoms with van der Waals surface area (Å²) in [7, 11) is 0. The Morgan fingerprint density at radius 3 is 2.38 bits per heavy atom. The van der Waals surface area contributed by atoms with Gasteiger partial charge in [0.1, 0.15) is 11.4 Å². The van der Waals surface area contributed by atoms with Gasteiger partial charge in [-0.05, 0) is 12.1 Å².